The number of carbonyl (C=O) groups excluding carboxylic acids is 1. The number of nitrogens with zero attached hydrogens (tertiary/aromatic N) is 1. The average molecular weight is 237 g/mol. The van der Waals surface area contributed by atoms with Gasteiger partial charge in [-0.05, 0) is 31.7 Å². The molecular formula is C12H19N3O2. The van der Waals surface area contributed by atoms with E-state index < -0.39 is 5.91 Å². The predicted octanol–water partition coefficient (Wildman–Crippen LogP) is 0.180. The lowest BCUT2D eigenvalue weighted by Crippen LogP contribution is -2.27. The second kappa shape index (κ2) is 5.65. The van der Waals surface area contributed by atoms with Crippen molar-refractivity contribution in [1.29, 1.82) is 0 Å². The molecule has 0 saturated heterocycles. The van der Waals surface area contributed by atoms with Crippen LogP contribution < -0.4 is 11.5 Å². The fourth-order valence-electron chi connectivity index (χ4n) is 1.70. The van der Waals surface area contributed by atoms with E-state index in [-0.39, 0.29) is 6.10 Å². The lowest BCUT2D eigenvalue weighted by Gasteiger charge is -2.19. The number of rotatable bonds is 5. The third kappa shape index (κ3) is 4.05. The first-order chi connectivity index (χ1) is 7.90. The van der Waals surface area contributed by atoms with Crippen LogP contribution in [0.1, 0.15) is 22.8 Å². The average Bonchev–Trinajstić information content (AvgIpc) is 2.19. The Balaban J connectivity index is 2.75. The van der Waals surface area contributed by atoms with Gasteiger partial charge < -0.3 is 16.6 Å². The van der Waals surface area contributed by atoms with E-state index in [0.29, 0.717) is 24.3 Å². The molecule has 0 saturated carbocycles. The van der Waals surface area contributed by atoms with E-state index in [1.54, 1.807) is 25.1 Å². The number of nitrogens with two attached hydrogens (primary N) is 2. The van der Waals surface area contributed by atoms with E-state index in [0.717, 1.165) is 5.56 Å². The first-order valence-corrected chi connectivity index (χ1v) is 5.45. The molecule has 17 heavy (non-hydrogen) atoms. The summed E-state index contributed by atoms with van der Waals surface area (Å²) >= 11 is 0. The summed E-state index contributed by atoms with van der Waals surface area (Å²) in [5, 5.41) is 9.25. The van der Waals surface area contributed by atoms with Crippen molar-refractivity contribution in [2.75, 3.05) is 19.3 Å². The largest absolute Gasteiger partial charge is 0.398 e. The minimum Gasteiger partial charge on any atom is -0.398 e. The molecule has 0 aliphatic rings. The molecule has 5 nitrogen and oxygen atoms in total. The lowest BCUT2D eigenvalue weighted by atomic mass is 10.1. The normalized spacial score (nSPS) is 12.7. The maximum Gasteiger partial charge on any atom is 0.248 e. The molecule has 0 heterocycles. The Morgan fingerprint density at radius 1 is 1.53 bits per heavy atom. The molecule has 1 rings (SSSR count). The van der Waals surface area contributed by atoms with Crippen molar-refractivity contribution >= 4 is 11.6 Å². The van der Waals surface area contributed by atoms with Gasteiger partial charge in [-0.25, -0.2) is 0 Å². The SMILES string of the molecule is CC(O)CN(C)Cc1ccc(C(N)=O)cc1N. The monoisotopic (exact) mass is 237 g/mol. The fraction of sp³-hybridized carbons (Fsp3) is 0.417. The number of nitrogen functional groups attached to an aromatic ring is 1. The van der Waals surface area contributed by atoms with Crippen LogP contribution in [-0.4, -0.2) is 35.6 Å². The van der Waals surface area contributed by atoms with Crippen molar-refractivity contribution in [1.82, 2.24) is 4.90 Å². The number of amides is 1. The van der Waals surface area contributed by atoms with Crippen molar-refractivity contribution in [2.24, 2.45) is 5.73 Å². The van der Waals surface area contributed by atoms with Gasteiger partial charge in [0.1, 0.15) is 0 Å². The summed E-state index contributed by atoms with van der Waals surface area (Å²) in [5.74, 6) is -0.486. The van der Waals surface area contributed by atoms with Crippen molar-refractivity contribution in [3.05, 3.63) is 29.3 Å². The zero-order valence-corrected chi connectivity index (χ0v) is 10.2. The number of aliphatic hydroxyl groups excluding tert-OH is 1. The van der Waals surface area contributed by atoms with Crippen LogP contribution in [-0.2, 0) is 6.54 Å². The lowest BCUT2D eigenvalue weighted by molar-refractivity contribution is 0.100. The van der Waals surface area contributed by atoms with Crippen LogP contribution in [0, 0.1) is 0 Å². The van der Waals surface area contributed by atoms with Crippen LogP contribution in [0.4, 0.5) is 5.69 Å². The van der Waals surface area contributed by atoms with E-state index in [4.69, 9.17) is 11.5 Å². The molecule has 0 bridgehead atoms. The third-order valence-corrected chi connectivity index (χ3v) is 2.45. The molecule has 1 unspecified atom stereocenters. The molecule has 0 fully saturated rings. The molecule has 0 aliphatic carbocycles. The van der Waals surface area contributed by atoms with Crippen molar-refractivity contribution in [3.63, 3.8) is 0 Å². The first-order valence-electron chi connectivity index (χ1n) is 5.45. The van der Waals surface area contributed by atoms with Crippen molar-refractivity contribution in [2.45, 2.75) is 19.6 Å². The highest BCUT2D eigenvalue weighted by Crippen LogP contribution is 2.15. The third-order valence-electron chi connectivity index (χ3n) is 2.45. The van der Waals surface area contributed by atoms with E-state index in [9.17, 15) is 9.90 Å². The Kier molecular flexibility index (Phi) is 4.48. The quantitative estimate of drug-likeness (QED) is 0.637. The Bertz CT molecular complexity index is 405. The number of hydrogen-bond acceptors (Lipinski definition) is 4. The molecule has 1 aromatic rings. The topological polar surface area (TPSA) is 92.6 Å². The molecule has 1 aromatic carbocycles. The minimum atomic E-state index is -0.486. The molecule has 0 aromatic heterocycles. The number of anilines is 1. The highest BCUT2D eigenvalue weighted by Gasteiger charge is 2.08. The molecular weight excluding hydrogens is 218 g/mol. The number of benzene rings is 1. The van der Waals surface area contributed by atoms with E-state index >= 15 is 0 Å². The van der Waals surface area contributed by atoms with Gasteiger partial charge in [0, 0.05) is 24.3 Å². The first kappa shape index (κ1) is 13.5. The predicted molar refractivity (Wildman–Crippen MR) is 67.4 cm³/mol. The summed E-state index contributed by atoms with van der Waals surface area (Å²) < 4.78 is 0. The molecule has 5 heteroatoms. The van der Waals surface area contributed by atoms with Crippen LogP contribution in [0.3, 0.4) is 0 Å². The Labute approximate surface area is 101 Å². The van der Waals surface area contributed by atoms with Gasteiger partial charge in [-0.1, -0.05) is 6.07 Å². The van der Waals surface area contributed by atoms with Gasteiger partial charge in [-0.3, -0.25) is 9.69 Å². The summed E-state index contributed by atoms with van der Waals surface area (Å²) in [4.78, 5) is 12.9. The summed E-state index contributed by atoms with van der Waals surface area (Å²) in [6, 6.07) is 5.02. The minimum absolute atomic E-state index is 0.383. The molecule has 1 amide bonds. The van der Waals surface area contributed by atoms with Gasteiger partial charge in [0.2, 0.25) is 5.91 Å². The van der Waals surface area contributed by atoms with Crippen LogP contribution in [0.2, 0.25) is 0 Å². The second-order valence-corrected chi connectivity index (χ2v) is 4.32. The Morgan fingerprint density at radius 2 is 2.18 bits per heavy atom. The van der Waals surface area contributed by atoms with Crippen LogP contribution in [0.25, 0.3) is 0 Å². The van der Waals surface area contributed by atoms with Gasteiger partial charge in [0.05, 0.1) is 6.10 Å². The number of hydrogen-bond donors (Lipinski definition) is 3. The highest BCUT2D eigenvalue weighted by molar-refractivity contribution is 5.93. The van der Waals surface area contributed by atoms with Gasteiger partial charge >= 0.3 is 0 Å². The number of likely N-dealkylation sites (N-methyl/N-ethyl adjacent to an activating group) is 1. The van der Waals surface area contributed by atoms with Crippen molar-refractivity contribution in [3.8, 4) is 0 Å². The number of aliphatic hydroxyl groups is 1. The Hall–Kier alpha value is -1.59. The van der Waals surface area contributed by atoms with E-state index in [1.165, 1.54) is 0 Å². The Morgan fingerprint density at radius 3 is 2.65 bits per heavy atom. The van der Waals surface area contributed by atoms with Crippen LogP contribution in [0.15, 0.2) is 18.2 Å². The van der Waals surface area contributed by atoms with Crippen LogP contribution in [0.5, 0.6) is 0 Å². The van der Waals surface area contributed by atoms with Gasteiger partial charge in [-0.15, -0.1) is 0 Å². The number of primary amides is 1. The highest BCUT2D eigenvalue weighted by atomic mass is 16.3. The zero-order chi connectivity index (χ0) is 13.0. The fourth-order valence-corrected chi connectivity index (χ4v) is 1.70. The molecule has 5 N–H and O–H groups in total. The summed E-state index contributed by atoms with van der Waals surface area (Å²) in [7, 11) is 1.90. The molecule has 1 atom stereocenters. The molecule has 0 radical (unpaired) electrons. The number of carbonyl (C=O) groups is 1. The summed E-state index contributed by atoms with van der Waals surface area (Å²) in [6.45, 7) is 2.92. The molecule has 0 aliphatic heterocycles. The van der Waals surface area contributed by atoms with Crippen LogP contribution >= 0.6 is 0 Å². The van der Waals surface area contributed by atoms with Gasteiger partial charge in [0.25, 0.3) is 0 Å². The standard InChI is InChI=1S/C12H19N3O2/c1-8(16)6-15(2)7-10-4-3-9(12(14)17)5-11(10)13/h3-5,8,16H,6-7,13H2,1-2H3,(H2,14,17). The molecule has 94 valence electrons. The maximum absolute atomic E-state index is 11.0. The summed E-state index contributed by atoms with van der Waals surface area (Å²) in [5.41, 5.74) is 12.9. The van der Waals surface area contributed by atoms with Gasteiger partial charge in [-0.2, -0.15) is 0 Å². The summed E-state index contributed by atoms with van der Waals surface area (Å²) in [6.07, 6.45) is -0.383. The van der Waals surface area contributed by atoms with E-state index in [1.807, 2.05) is 11.9 Å². The van der Waals surface area contributed by atoms with Crippen molar-refractivity contribution < 1.29 is 9.90 Å². The van der Waals surface area contributed by atoms with E-state index in [2.05, 4.69) is 0 Å². The second-order valence-electron chi connectivity index (χ2n) is 4.32. The zero-order valence-electron chi connectivity index (χ0n) is 10.2. The molecule has 0 spiro atoms. The maximum atomic E-state index is 11.0. The smallest absolute Gasteiger partial charge is 0.248 e. The van der Waals surface area contributed by atoms with Gasteiger partial charge in [0.15, 0.2) is 0 Å².